The van der Waals surface area contributed by atoms with E-state index in [9.17, 15) is 0 Å². The molecule has 0 radical (unpaired) electrons. The zero-order valence-corrected chi connectivity index (χ0v) is 21.6. The molecule has 1 fully saturated rings. The van der Waals surface area contributed by atoms with Crippen LogP contribution in [0, 0.1) is 19.3 Å². The summed E-state index contributed by atoms with van der Waals surface area (Å²) < 4.78 is 1.88. The summed E-state index contributed by atoms with van der Waals surface area (Å²) in [6, 6.07) is 4.37. The Labute approximate surface area is 202 Å². The lowest BCUT2D eigenvalue weighted by Crippen LogP contribution is -2.48. The quantitative estimate of drug-likeness (QED) is 0.455. The summed E-state index contributed by atoms with van der Waals surface area (Å²) in [7, 11) is 0. The fraction of sp³-hybridized carbons (Fsp3) is 0.519. The lowest BCUT2D eigenvalue weighted by molar-refractivity contribution is 0.182. The van der Waals surface area contributed by atoms with Gasteiger partial charge in [0.25, 0.3) is 0 Å². The molecule has 0 aliphatic carbocycles. The smallest absolute Gasteiger partial charge is 0.158 e. The Morgan fingerprint density at radius 3 is 2.44 bits per heavy atom. The first-order valence-corrected chi connectivity index (χ1v) is 12.4. The summed E-state index contributed by atoms with van der Waals surface area (Å²) in [5.41, 5.74) is 9.37. The number of hydrogen-bond acceptors (Lipinski definition) is 5. The van der Waals surface area contributed by atoms with Crippen molar-refractivity contribution in [1.29, 1.82) is 0 Å². The molecule has 7 heteroatoms. The van der Waals surface area contributed by atoms with Crippen LogP contribution in [0.3, 0.4) is 0 Å². The minimum Gasteiger partial charge on any atom is -0.354 e. The Balaban J connectivity index is 1.52. The molecule has 0 atom stereocenters. The highest BCUT2D eigenvalue weighted by Crippen LogP contribution is 2.38. The van der Waals surface area contributed by atoms with Gasteiger partial charge >= 0.3 is 0 Å². The highest BCUT2D eigenvalue weighted by Gasteiger charge is 2.24. The van der Waals surface area contributed by atoms with Crippen molar-refractivity contribution in [3.05, 3.63) is 41.3 Å². The Morgan fingerprint density at radius 2 is 1.76 bits per heavy atom. The molecule has 0 spiro atoms. The number of pyridine rings is 2. The third-order valence-corrected chi connectivity index (χ3v) is 7.03. The Kier molecular flexibility index (Phi) is 5.63. The van der Waals surface area contributed by atoms with E-state index in [1.165, 1.54) is 11.1 Å². The molecule has 4 aromatic rings. The molecule has 0 amide bonds. The largest absolute Gasteiger partial charge is 0.354 e. The molecular weight excluding hydrogens is 422 g/mol. The van der Waals surface area contributed by atoms with Gasteiger partial charge in [-0.1, -0.05) is 34.6 Å². The third-order valence-electron chi connectivity index (χ3n) is 7.03. The fourth-order valence-electron chi connectivity index (χ4n) is 5.29. The number of H-pyrrole nitrogens is 1. The van der Waals surface area contributed by atoms with Crippen molar-refractivity contribution in [3.8, 4) is 11.3 Å². The van der Waals surface area contributed by atoms with Gasteiger partial charge in [0, 0.05) is 50.0 Å². The Hall–Kier alpha value is -2.93. The first-order valence-electron chi connectivity index (χ1n) is 12.4. The predicted octanol–water partition coefficient (Wildman–Crippen LogP) is 5.18. The number of hydrogen-bond donors (Lipinski definition) is 1. The van der Waals surface area contributed by atoms with Crippen LogP contribution in [0.4, 0.5) is 5.82 Å². The van der Waals surface area contributed by atoms with Crippen molar-refractivity contribution in [2.45, 2.75) is 54.4 Å². The SMILES string of the molecule is Cc1c(-c2[nH]c3ccc(N4CCN(CC(C)(C)C)CC4)nc3c2C(C)C)cn2ncnc2c1C. The number of anilines is 1. The normalized spacial score (nSPS) is 15.8. The monoisotopic (exact) mass is 459 g/mol. The van der Waals surface area contributed by atoms with Crippen LogP contribution in [-0.4, -0.2) is 62.2 Å². The third kappa shape index (κ3) is 4.06. The van der Waals surface area contributed by atoms with Crippen molar-refractivity contribution in [3.63, 3.8) is 0 Å². The number of rotatable bonds is 4. The molecule has 0 unspecified atom stereocenters. The van der Waals surface area contributed by atoms with E-state index in [1.54, 1.807) is 6.33 Å². The molecule has 1 N–H and O–H groups in total. The molecule has 0 saturated carbocycles. The van der Waals surface area contributed by atoms with E-state index in [2.05, 4.69) is 91.7 Å². The summed E-state index contributed by atoms with van der Waals surface area (Å²) in [4.78, 5) is 18.3. The molecule has 34 heavy (non-hydrogen) atoms. The van der Waals surface area contributed by atoms with E-state index >= 15 is 0 Å². The molecular formula is C27H37N7. The molecule has 5 rings (SSSR count). The van der Waals surface area contributed by atoms with Gasteiger partial charge in [0.2, 0.25) is 0 Å². The second-order valence-electron chi connectivity index (χ2n) is 11.3. The lowest BCUT2D eigenvalue weighted by Gasteiger charge is -2.38. The molecule has 1 saturated heterocycles. The standard InChI is InChI=1S/C27H37N7/c1-17(2)23-24(20-14-34-26(28-16-29-34)19(4)18(20)3)30-21-8-9-22(31-25(21)23)33-12-10-32(11-13-33)15-27(5,6)7/h8-9,14,16-17,30H,10-13,15H2,1-7H3. The van der Waals surface area contributed by atoms with Crippen molar-refractivity contribution in [2.75, 3.05) is 37.6 Å². The minimum atomic E-state index is 0.332. The van der Waals surface area contributed by atoms with Crippen LogP contribution in [0.15, 0.2) is 24.7 Å². The number of aryl methyl sites for hydroxylation is 1. The zero-order chi connectivity index (χ0) is 24.2. The second-order valence-corrected chi connectivity index (χ2v) is 11.3. The van der Waals surface area contributed by atoms with Gasteiger partial charge in [-0.2, -0.15) is 5.10 Å². The van der Waals surface area contributed by atoms with Crippen LogP contribution in [0.1, 0.15) is 57.2 Å². The average molecular weight is 460 g/mol. The molecule has 1 aliphatic heterocycles. The first kappa shape index (κ1) is 22.8. The molecule has 5 heterocycles. The van der Waals surface area contributed by atoms with Gasteiger partial charge in [-0.15, -0.1) is 0 Å². The van der Waals surface area contributed by atoms with E-state index in [-0.39, 0.29) is 0 Å². The predicted molar refractivity (Wildman–Crippen MR) is 140 cm³/mol. The topological polar surface area (TPSA) is 65.4 Å². The lowest BCUT2D eigenvalue weighted by atomic mass is 9.95. The number of nitrogens with one attached hydrogen (secondary N) is 1. The number of nitrogens with zero attached hydrogens (tertiary/aromatic N) is 6. The zero-order valence-electron chi connectivity index (χ0n) is 21.6. The number of aromatic nitrogens is 5. The van der Waals surface area contributed by atoms with E-state index in [0.29, 0.717) is 11.3 Å². The molecule has 4 aromatic heterocycles. The summed E-state index contributed by atoms with van der Waals surface area (Å²) in [5, 5.41) is 4.40. The van der Waals surface area contributed by atoms with Crippen LogP contribution in [0.25, 0.3) is 27.9 Å². The van der Waals surface area contributed by atoms with E-state index in [4.69, 9.17) is 4.98 Å². The van der Waals surface area contributed by atoms with Gasteiger partial charge in [0.05, 0.1) is 16.7 Å². The highest BCUT2D eigenvalue weighted by molar-refractivity contribution is 5.90. The van der Waals surface area contributed by atoms with E-state index in [1.807, 2.05) is 4.52 Å². The summed E-state index contributed by atoms with van der Waals surface area (Å²) in [6.45, 7) is 21.1. The summed E-state index contributed by atoms with van der Waals surface area (Å²) >= 11 is 0. The molecule has 1 aliphatic rings. The minimum absolute atomic E-state index is 0.332. The van der Waals surface area contributed by atoms with Gasteiger partial charge in [-0.3, -0.25) is 4.90 Å². The maximum Gasteiger partial charge on any atom is 0.158 e. The van der Waals surface area contributed by atoms with Crippen molar-refractivity contribution in [2.24, 2.45) is 5.41 Å². The van der Waals surface area contributed by atoms with Gasteiger partial charge in [0.1, 0.15) is 12.1 Å². The van der Waals surface area contributed by atoms with Gasteiger partial charge in [0.15, 0.2) is 5.65 Å². The van der Waals surface area contributed by atoms with Crippen molar-refractivity contribution < 1.29 is 0 Å². The van der Waals surface area contributed by atoms with Gasteiger partial charge in [-0.25, -0.2) is 14.5 Å². The second kappa shape index (κ2) is 8.38. The average Bonchev–Trinajstić information content (AvgIpc) is 3.39. The van der Waals surface area contributed by atoms with Crippen LogP contribution < -0.4 is 4.90 Å². The number of fused-ring (bicyclic) bond motifs is 2. The fourth-order valence-corrected chi connectivity index (χ4v) is 5.29. The van der Waals surface area contributed by atoms with Crippen LogP contribution >= 0.6 is 0 Å². The molecule has 7 nitrogen and oxygen atoms in total. The summed E-state index contributed by atoms with van der Waals surface area (Å²) in [5.74, 6) is 1.41. The first-order chi connectivity index (χ1) is 16.1. The molecule has 0 aromatic carbocycles. The molecule has 180 valence electrons. The van der Waals surface area contributed by atoms with Gasteiger partial charge < -0.3 is 9.88 Å². The Morgan fingerprint density at radius 1 is 1.03 bits per heavy atom. The van der Waals surface area contributed by atoms with Crippen molar-refractivity contribution in [1.82, 2.24) is 29.5 Å². The van der Waals surface area contributed by atoms with E-state index in [0.717, 1.165) is 72.0 Å². The highest BCUT2D eigenvalue weighted by atomic mass is 15.3. The summed E-state index contributed by atoms with van der Waals surface area (Å²) in [6.07, 6.45) is 3.71. The van der Waals surface area contributed by atoms with Crippen LogP contribution in [0.2, 0.25) is 0 Å². The number of aromatic amines is 1. The van der Waals surface area contributed by atoms with Gasteiger partial charge in [-0.05, 0) is 48.4 Å². The molecule has 0 bridgehead atoms. The maximum atomic E-state index is 5.21. The number of piperazine rings is 1. The van der Waals surface area contributed by atoms with Crippen LogP contribution in [0.5, 0.6) is 0 Å². The van der Waals surface area contributed by atoms with Crippen LogP contribution in [-0.2, 0) is 0 Å². The Bertz CT molecular complexity index is 1330. The maximum absolute atomic E-state index is 5.21. The van der Waals surface area contributed by atoms with Crippen molar-refractivity contribution >= 4 is 22.5 Å². The van der Waals surface area contributed by atoms with E-state index < -0.39 is 0 Å².